The normalized spacial score (nSPS) is 15.4. The average Bonchev–Trinajstić information content (AvgIpc) is 3.59. The molecule has 1 unspecified atom stereocenters. The van der Waals surface area contributed by atoms with E-state index in [0.717, 1.165) is 30.5 Å². The predicted molar refractivity (Wildman–Crippen MR) is 154 cm³/mol. The van der Waals surface area contributed by atoms with Crippen LogP contribution >= 0.6 is 0 Å². The molecule has 1 aliphatic rings. The van der Waals surface area contributed by atoms with Gasteiger partial charge in [-0.15, -0.1) is 0 Å². The van der Waals surface area contributed by atoms with Crippen LogP contribution in [-0.2, 0) is 27.7 Å². The van der Waals surface area contributed by atoms with E-state index < -0.39 is 21.7 Å². The first kappa shape index (κ1) is 26.9. The molecule has 0 bridgehead atoms. The highest BCUT2D eigenvalue weighted by Gasteiger charge is 2.31. The van der Waals surface area contributed by atoms with Gasteiger partial charge in [0.25, 0.3) is 15.9 Å². The SMILES string of the molecule is O=C(NCCc1ccccc1)c1c(NS(=O)(=O)c2ccc(F)cc2)n(CC2CCCO2)c2nc3ccccc3nc12. The molecule has 3 aromatic carbocycles. The average molecular weight is 574 g/mol. The van der Waals surface area contributed by atoms with Gasteiger partial charge in [0.2, 0.25) is 0 Å². The van der Waals surface area contributed by atoms with E-state index in [2.05, 4.69) is 10.0 Å². The number of fused-ring (bicyclic) bond motifs is 2. The molecule has 1 amide bonds. The van der Waals surface area contributed by atoms with Gasteiger partial charge in [-0.2, -0.15) is 0 Å². The summed E-state index contributed by atoms with van der Waals surface area (Å²) in [6.07, 6.45) is 2.06. The Morgan fingerprint density at radius 2 is 1.68 bits per heavy atom. The smallest absolute Gasteiger partial charge is 0.263 e. The zero-order chi connectivity index (χ0) is 28.4. The van der Waals surface area contributed by atoms with Crippen molar-refractivity contribution in [1.29, 1.82) is 0 Å². The lowest BCUT2D eigenvalue weighted by atomic mass is 10.1. The molecule has 0 spiro atoms. The van der Waals surface area contributed by atoms with Crippen molar-refractivity contribution in [3.05, 3.63) is 95.8 Å². The zero-order valence-electron chi connectivity index (χ0n) is 22.1. The molecule has 1 atom stereocenters. The quantitative estimate of drug-likeness (QED) is 0.265. The summed E-state index contributed by atoms with van der Waals surface area (Å²) >= 11 is 0. The van der Waals surface area contributed by atoms with Crippen LogP contribution in [0.25, 0.3) is 22.2 Å². The van der Waals surface area contributed by atoms with Crippen LogP contribution < -0.4 is 10.0 Å². The van der Waals surface area contributed by atoms with E-state index in [1.54, 1.807) is 10.6 Å². The minimum atomic E-state index is -4.21. The van der Waals surface area contributed by atoms with Crippen molar-refractivity contribution in [2.75, 3.05) is 17.9 Å². The lowest BCUT2D eigenvalue weighted by molar-refractivity contribution is 0.0949. The number of carbonyl (C=O) groups excluding carboxylic acids is 1. The number of nitrogens with one attached hydrogen (secondary N) is 2. The lowest BCUT2D eigenvalue weighted by Gasteiger charge is -2.17. The monoisotopic (exact) mass is 573 g/mol. The van der Waals surface area contributed by atoms with Crippen LogP contribution in [0.4, 0.5) is 10.2 Å². The van der Waals surface area contributed by atoms with E-state index in [1.807, 2.05) is 48.5 Å². The molecule has 210 valence electrons. The molecule has 2 aromatic heterocycles. The van der Waals surface area contributed by atoms with Crippen LogP contribution in [0.2, 0.25) is 0 Å². The van der Waals surface area contributed by atoms with Crippen molar-refractivity contribution in [3.8, 4) is 0 Å². The van der Waals surface area contributed by atoms with Crippen LogP contribution in [0.5, 0.6) is 0 Å². The molecular formula is C30H28FN5O4S. The molecule has 1 saturated heterocycles. The number of aromatic nitrogens is 3. The molecule has 11 heteroatoms. The third-order valence-corrected chi connectivity index (χ3v) is 8.44. The Morgan fingerprint density at radius 3 is 2.39 bits per heavy atom. The van der Waals surface area contributed by atoms with Crippen molar-refractivity contribution in [3.63, 3.8) is 0 Å². The lowest BCUT2D eigenvalue weighted by Crippen LogP contribution is -2.28. The highest BCUT2D eigenvalue weighted by atomic mass is 32.2. The number of nitrogens with zero attached hydrogens (tertiary/aromatic N) is 3. The van der Waals surface area contributed by atoms with Gasteiger partial charge in [0.05, 0.1) is 28.6 Å². The molecule has 0 saturated carbocycles. The van der Waals surface area contributed by atoms with Crippen molar-refractivity contribution >= 4 is 43.9 Å². The van der Waals surface area contributed by atoms with E-state index in [-0.39, 0.29) is 34.4 Å². The molecule has 0 aliphatic carbocycles. The minimum absolute atomic E-state index is 0.0346. The van der Waals surface area contributed by atoms with Crippen molar-refractivity contribution in [2.45, 2.75) is 36.8 Å². The number of ether oxygens (including phenoxy) is 1. The second-order valence-electron chi connectivity index (χ2n) is 9.90. The number of sulfonamides is 1. The number of anilines is 1. The summed E-state index contributed by atoms with van der Waals surface area (Å²) in [7, 11) is -4.21. The molecule has 2 N–H and O–H groups in total. The Bertz CT molecular complexity index is 1820. The molecule has 3 heterocycles. The Kier molecular flexibility index (Phi) is 7.38. The van der Waals surface area contributed by atoms with Gasteiger partial charge >= 0.3 is 0 Å². The van der Waals surface area contributed by atoms with Gasteiger partial charge in [-0.3, -0.25) is 9.52 Å². The maximum atomic E-state index is 13.8. The van der Waals surface area contributed by atoms with Crippen LogP contribution in [-0.4, -0.2) is 48.1 Å². The highest BCUT2D eigenvalue weighted by Crippen LogP contribution is 2.33. The fraction of sp³-hybridized carbons (Fsp3) is 0.233. The number of hydrogen-bond donors (Lipinski definition) is 2. The van der Waals surface area contributed by atoms with Gasteiger partial charge in [0, 0.05) is 13.2 Å². The molecule has 1 fully saturated rings. The summed E-state index contributed by atoms with van der Waals surface area (Å²) in [4.78, 5) is 23.2. The van der Waals surface area contributed by atoms with Gasteiger partial charge in [0.15, 0.2) is 5.65 Å². The molecule has 9 nitrogen and oxygen atoms in total. The van der Waals surface area contributed by atoms with E-state index in [9.17, 15) is 17.6 Å². The van der Waals surface area contributed by atoms with Crippen LogP contribution in [0, 0.1) is 5.82 Å². The van der Waals surface area contributed by atoms with Crippen LogP contribution in [0.3, 0.4) is 0 Å². The summed E-state index contributed by atoms with van der Waals surface area (Å²) in [5, 5.41) is 2.93. The number of para-hydroxylation sites is 2. The summed E-state index contributed by atoms with van der Waals surface area (Å²) in [6.45, 7) is 1.19. The third kappa shape index (κ3) is 5.63. The Labute approximate surface area is 236 Å². The standard InChI is InChI=1S/C30H28FN5O4S/c31-21-12-14-23(15-13-21)41(38,39)35-28-26(30(37)32-17-16-20-7-2-1-3-8-20)27-29(36(28)19-22-9-6-18-40-22)34-25-11-5-4-10-24(25)33-27/h1-5,7-8,10-15,22,35H,6,9,16-19H2,(H,32,37). The maximum Gasteiger partial charge on any atom is 0.263 e. The topological polar surface area (TPSA) is 115 Å². The third-order valence-electron chi connectivity index (χ3n) is 7.09. The van der Waals surface area contributed by atoms with E-state index in [0.29, 0.717) is 36.3 Å². The molecular weight excluding hydrogens is 545 g/mol. The van der Waals surface area contributed by atoms with Gasteiger partial charge < -0.3 is 14.6 Å². The first-order valence-corrected chi connectivity index (χ1v) is 14.9. The van der Waals surface area contributed by atoms with Crippen LogP contribution in [0.1, 0.15) is 28.8 Å². The number of amides is 1. The molecule has 5 aromatic rings. The first-order chi connectivity index (χ1) is 19.9. The van der Waals surface area contributed by atoms with Crippen LogP contribution in [0.15, 0.2) is 83.8 Å². The second-order valence-corrected chi connectivity index (χ2v) is 11.6. The summed E-state index contributed by atoms with van der Waals surface area (Å²) < 4.78 is 50.8. The van der Waals surface area contributed by atoms with Gasteiger partial charge in [-0.05, 0) is 61.2 Å². The van der Waals surface area contributed by atoms with Gasteiger partial charge in [0.1, 0.15) is 22.7 Å². The minimum Gasteiger partial charge on any atom is -0.376 e. The number of halogens is 1. The predicted octanol–water partition coefficient (Wildman–Crippen LogP) is 4.68. The number of carbonyl (C=O) groups is 1. The fourth-order valence-electron chi connectivity index (χ4n) is 5.04. The maximum absolute atomic E-state index is 13.8. The number of rotatable bonds is 9. The molecule has 1 aliphatic heterocycles. The van der Waals surface area contributed by atoms with E-state index in [4.69, 9.17) is 14.7 Å². The number of benzene rings is 3. The highest BCUT2D eigenvalue weighted by molar-refractivity contribution is 7.92. The van der Waals surface area contributed by atoms with Crippen molar-refractivity contribution in [2.24, 2.45) is 0 Å². The van der Waals surface area contributed by atoms with E-state index >= 15 is 0 Å². The molecule has 0 radical (unpaired) electrons. The summed E-state index contributed by atoms with van der Waals surface area (Å²) in [5.41, 5.74) is 2.93. The van der Waals surface area contributed by atoms with Gasteiger partial charge in [-0.1, -0.05) is 42.5 Å². The molecule has 41 heavy (non-hydrogen) atoms. The molecule has 6 rings (SSSR count). The van der Waals surface area contributed by atoms with E-state index in [1.165, 1.54) is 12.1 Å². The summed E-state index contributed by atoms with van der Waals surface area (Å²) in [6, 6.07) is 21.5. The summed E-state index contributed by atoms with van der Waals surface area (Å²) in [5.74, 6) is -1.01. The Hall–Kier alpha value is -4.35. The Balaban J connectivity index is 1.48. The second kappa shape index (κ2) is 11.3. The number of hydrogen-bond acceptors (Lipinski definition) is 6. The van der Waals surface area contributed by atoms with Gasteiger partial charge in [-0.25, -0.2) is 22.8 Å². The van der Waals surface area contributed by atoms with Crippen molar-refractivity contribution in [1.82, 2.24) is 19.9 Å². The fourth-order valence-corrected chi connectivity index (χ4v) is 6.12. The largest absolute Gasteiger partial charge is 0.376 e. The zero-order valence-corrected chi connectivity index (χ0v) is 22.9. The Morgan fingerprint density at radius 1 is 0.976 bits per heavy atom. The van der Waals surface area contributed by atoms with Crippen molar-refractivity contribution < 1.29 is 22.3 Å². The first-order valence-electron chi connectivity index (χ1n) is 13.4.